The SMILES string of the molecule is NCC1(CC(=O)O)CCc2c1c[nH]c2Cl. The number of fused-ring (bicyclic) bond motifs is 1. The van der Waals surface area contributed by atoms with Gasteiger partial charge in [0.25, 0.3) is 0 Å². The number of aromatic amines is 1. The molecule has 1 aliphatic carbocycles. The fourth-order valence-corrected chi connectivity index (χ4v) is 2.65. The molecule has 2 rings (SSSR count). The highest BCUT2D eigenvalue weighted by Crippen LogP contribution is 2.43. The average Bonchev–Trinajstić information content (AvgIpc) is 2.70. The smallest absolute Gasteiger partial charge is 0.304 e. The molecule has 0 radical (unpaired) electrons. The van der Waals surface area contributed by atoms with E-state index in [1.807, 2.05) is 0 Å². The quantitative estimate of drug-likeness (QED) is 0.729. The first-order valence-corrected chi connectivity index (χ1v) is 5.25. The van der Waals surface area contributed by atoms with Crippen LogP contribution < -0.4 is 5.73 Å². The molecule has 15 heavy (non-hydrogen) atoms. The third kappa shape index (κ3) is 1.54. The molecule has 1 heterocycles. The Labute approximate surface area is 92.4 Å². The second-order valence-corrected chi connectivity index (χ2v) is 4.43. The minimum atomic E-state index is -0.814. The monoisotopic (exact) mass is 228 g/mol. The molecular weight excluding hydrogens is 216 g/mol. The third-order valence-electron chi connectivity index (χ3n) is 3.24. The molecule has 0 saturated heterocycles. The highest BCUT2D eigenvalue weighted by Gasteiger charge is 2.41. The van der Waals surface area contributed by atoms with Gasteiger partial charge in [-0.3, -0.25) is 4.79 Å². The van der Waals surface area contributed by atoms with E-state index in [9.17, 15) is 4.79 Å². The lowest BCUT2D eigenvalue weighted by atomic mass is 9.80. The number of H-pyrrole nitrogens is 1. The predicted molar refractivity (Wildman–Crippen MR) is 57.1 cm³/mol. The van der Waals surface area contributed by atoms with Crippen LogP contribution in [0.1, 0.15) is 24.0 Å². The van der Waals surface area contributed by atoms with Crippen LogP contribution in [0.4, 0.5) is 0 Å². The molecule has 0 aliphatic heterocycles. The van der Waals surface area contributed by atoms with Crippen molar-refractivity contribution in [3.8, 4) is 0 Å². The predicted octanol–water partition coefficient (Wildman–Crippen LogP) is 1.29. The van der Waals surface area contributed by atoms with E-state index in [-0.39, 0.29) is 6.42 Å². The lowest BCUT2D eigenvalue weighted by Gasteiger charge is -2.25. The number of nitrogens with two attached hydrogens (primary N) is 1. The van der Waals surface area contributed by atoms with Gasteiger partial charge in [0.1, 0.15) is 5.15 Å². The van der Waals surface area contributed by atoms with Gasteiger partial charge in [-0.2, -0.15) is 0 Å². The molecule has 5 heteroatoms. The van der Waals surface area contributed by atoms with Gasteiger partial charge in [-0.05, 0) is 24.0 Å². The first kappa shape index (κ1) is 10.5. The Morgan fingerprint density at radius 1 is 1.73 bits per heavy atom. The van der Waals surface area contributed by atoms with Crippen molar-refractivity contribution in [2.24, 2.45) is 5.73 Å². The van der Waals surface area contributed by atoms with Crippen LogP contribution in [0.2, 0.25) is 5.15 Å². The zero-order valence-electron chi connectivity index (χ0n) is 8.22. The summed E-state index contributed by atoms with van der Waals surface area (Å²) in [5.74, 6) is -0.814. The second kappa shape index (κ2) is 3.54. The fourth-order valence-electron chi connectivity index (χ4n) is 2.40. The van der Waals surface area contributed by atoms with E-state index in [1.54, 1.807) is 6.20 Å². The fraction of sp³-hybridized carbons (Fsp3) is 0.500. The van der Waals surface area contributed by atoms with Gasteiger partial charge in [-0.25, -0.2) is 0 Å². The molecule has 1 unspecified atom stereocenters. The van der Waals surface area contributed by atoms with E-state index in [2.05, 4.69) is 4.98 Å². The van der Waals surface area contributed by atoms with Crippen LogP contribution in [0.15, 0.2) is 6.20 Å². The molecule has 0 saturated carbocycles. The Bertz CT molecular complexity index is 402. The van der Waals surface area contributed by atoms with Crippen LogP contribution >= 0.6 is 11.6 Å². The number of carboxylic acids is 1. The Kier molecular flexibility index (Phi) is 2.48. The first-order chi connectivity index (χ1) is 7.09. The number of halogens is 1. The number of rotatable bonds is 3. The normalized spacial score (nSPS) is 24.1. The Hall–Kier alpha value is -1.00. The summed E-state index contributed by atoms with van der Waals surface area (Å²) >= 11 is 5.96. The second-order valence-electron chi connectivity index (χ2n) is 4.05. The number of nitrogens with one attached hydrogen (secondary N) is 1. The lowest BCUT2D eigenvalue weighted by Crippen LogP contribution is -2.35. The van der Waals surface area contributed by atoms with Gasteiger partial charge in [-0.1, -0.05) is 11.6 Å². The maximum atomic E-state index is 10.8. The van der Waals surface area contributed by atoms with Crippen molar-refractivity contribution < 1.29 is 9.90 Å². The Morgan fingerprint density at radius 2 is 2.47 bits per heavy atom. The summed E-state index contributed by atoms with van der Waals surface area (Å²) in [4.78, 5) is 13.8. The van der Waals surface area contributed by atoms with Crippen molar-refractivity contribution in [1.82, 2.24) is 4.98 Å². The molecule has 0 aromatic carbocycles. The van der Waals surface area contributed by atoms with Crippen molar-refractivity contribution >= 4 is 17.6 Å². The average molecular weight is 229 g/mol. The summed E-state index contributed by atoms with van der Waals surface area (Å²) < 4.78 is 0. The highest BCUT2D eigenvalue weighted by atomic mass is 35.5. The summed E-state index contributed by atoms with van der Waals surface area (Å²) in [6.45, 7) is 0.348. The number of aromatic nitrogens is 1. The van der Waals surface area contributed by atoms with E-state index < -0.39 is 11.4 Å². The molecule has 4 N–H and O–H groups in total. The first-order valence-electron chi connectivity index (χ1n) is 4.87. The van der Waals surface area contributed by atoms with Crippen LogP contribution in [0.25, 0.3) is 0 Å². The van der Waals surface area contributed by atoms with Crippen LogP contribution in [0, 0.1) is 0 Å². The third-order valence-corrected chi connectivity index (χ3v) is 3.58. The summed E-state index contributed by atoms with van der Waals surface area (Å²) in [6.07, 6.45) is 3.45. The summed E-state index contributed by atoms with van der Waals surface area (Å²) in [7, 11) is 0. The molecule has 1 aromatic rings. The van der Waals surface area contributed by atoms with Crippen LogP contribution in [0.5, 0.6) is 0 Å². The van der Waals surface area contributed by atoms with E-state index in [1.165, 1.54) is 0 Å². The van der Waals surface area contributed by atoms with E-state index >= 15 is 0 Å². The molecule has 0 spiro atoms. The minimum Gasteiger partial charge on any atom is -0.481 e. The maximum absolute atomic E-state index is 10.8. The van der Waals surface area contributed by atoms with E-state index in [0.717, 1.165) is 24.0 Å². The van der Waals surface area contributed by atoms with Crippen molar-refractivity contribution in [2.45, 2.75) is 24.7 Å². The van der Waals surface area contributed by atoms with Gasteiger partial charge in [0, 0.05) is 18.2 Å². The van der Waals surface area contributed by atoms with Gasteiger partial charge in [0.2, 0.25) is 0 Å². The maximum Gasteiger partial charge on any atom is 0.304 e. The number of aliphatic carboxylic acids is 1. The Balaban J connectivity index is 2.40. The molecule has 82 valence electrons. The molecule has 1 aliphatic rings. The largest absolute Gasteiger partial charge is 0.481 e. The van der Waals surface area contributed by atoms with Crippen molar-refractivity contribution in [2.75, 3.05) is 6.54 Å². The van der Waals surface area contributed by atoms with Crippen LogP contribution in [-0.4, -0.2) is 22.6 Å². The van der Waals surface area contributed by atoms with Crippen LogP contribution in [0.3, 0.4) is 0 Å². The van der Waals surface area contributed by atoms with Gasteiger partial charge in [0.05, 0.1) is 6.42 Å². The molecule has 1 aromatic heterocycles. The topological polar surface area (TPSA) is 79.1 Å². The van der Waals surface area contributed by atoms with Gasteiger partial charge >= 0.3 is 5.97 Å². The highest BCUT2D eigenvalue weighted by molar-refractivity contribution is 6.30. The molecule has 1 atom stereocenters. The van der Waals surface area contributed by atoms with Gasteiger partial charge in [0.15, 0.2) is 0 Å². The lowest BCUT2D eigenvalue weighted by molar-refractivity contribution is -0.138. The molecule has 0 fully saturated rings. The summed E-state index contributed by atoms with van der Waals surface area (Å²) in [6, 6.07) is 0. The van der Waals surface area contributed by atoms with E-state index in [0.29, 0.717) is 11.7 Å². The van der Waals surface area contributed by atoms with Crippen molar-refractivity contribution in [3.05, 3.63) is 22.5 Å². The van der Waals surface area contributed by atoms with Crippen molar-refractivity contribution in [1.29, 1.82) is 0 Å². The number of hydrogen-bond acceptors (Lipinski definition) is 2. The van der Waals surface area contributed by atoms with Crippen LogP contribution in [-0.2, 0) is 16.6 Å². The zero-order chi connectivity index (χ0) is 11.1. The summed E-state index contributed by atoms with van der Waals surface area (Å²) in [5.41, 5.74) is 7.31. The summed E-state index contributed by atoms with van der Waals surface area (Å²) in [5, 5.41) is 9.52. The molecule has 4 nitrogen and oxygen atoms in total. The van der Waals surface area contributed by atoms with Gasteiger partial charge in [-0.15, -0.1) is 0 Å². The number of carboxylic acid groups (broad SMARTS) is 1. The molecular formula is C10H13ClN2O2. The van der Waals surface area contributed by atoms with Crippen molar-refractivity contribution in [3.63, 3.8) is 0 Å². The number of carbonyl (C=O) groups is 1. The minimum absolute atomic E-state index is 0.0741. The number of hydrogen-bond donors (Lipinski definition) is 3. The van der Waals surface area contributed by atoms with Gasteiger partial charge < -0.3 is 15.8 Å². The standard InChI is InChI=1S/C10H13ClN2O2/c11-9-6-1-2-10(5-12,3-8(14)15)7(6)4-13-9/h4,13H,1-3,5,12H2,(H,14,15). The Morgan fingerprint density at radius 3 is 3.07 bits per heavy atom. The molecule has 0 amide bonds. The zero-order valence-corrected chi connectivity index (χ0v) is 8.97. The molecule has 0 bridgehead atoms. The van der Waals surface area contributed by atoms with E-state index in [4.69, 9.17) is 22.4 Å².